The van der Waals surface area contributed by atoms with Gasteiger partial charge in [0.2, 0.25) is 0 Å². The molecule has 0 amide bonds. The van der Waals surface area contributed by atoms with E-state index >= 15 is 0 Å². The molecular weight excluding hydrogens is 301 g/mol. The minimum atomic E-state index is -0.482. The van der Waals surface area contributed by atoms with Crippen molar-refractivity contribution in [2.24, 2.45) is 5.73 Å². The fraction of sp³-hybridized carbons (Fsp3) is 0.462. The van der Waals surface area contributed by atoms with Crippen molar-refractivity contribution in [1.82, 2.24) is 0 Å². The van der Waals surface area contributed by atoms with E-state index in [0.717, 1.165) is 12.0 Å². The third-order valence-electron chi connectivity index (χ3n) is 2.64. The first kappa shape index (κ1) is 15.3. The monoisotopic (exact) mass is 317 g/mol. The zero-order valence-corrected chi connectivity index (χ0v) is 11.9. The number of ether oxygens (including phenoxy) is 1. The maximum Gasteiger partial charge on any atom is 0.153 e. The molecule has 0 radical (unpaired) electrons. The number of ketones is 1. The Hall–Kier alpha value is -0.780. The zero-order valence-electron chi connectivity index (χ0n) is 10.3. The first-order valence-corrected chi connectivity index (χ1v) is 6.55. The van der Waals surface area contributed by atoms with E-state index in [1.807, 2.05) is 0 Å². The molecule has 1 atom stereocenters. The summed E-state index contributed by atoms with van der Waals surface area (Å²) in [5, 5.41) is 0. The highest BCUT2D eigenvalue weighted by Crippen LogP contribution is 2.17. The van der Waals surface area contributed by atoms with E-state index in [-0.39, 0.29) is 18.0 Å². The van der Waals surface area contributed by atoms with Crippen molar-refractivity contribution in [3.63, 3.8) is 0 Å². The lowest BCUT2D eigenvalue weighted by Gasteiger charge is -2.10. The van der Waals surface area contributed by atoms with Gasteiger partial charge < -0.3 is 10.5 Å². The third kappa shape index (κ3) is 4.84. The van der Waals surface area contributed by atoms with Gasteiger partial charge in [0.15, 0.2) is 5.78 Å². The molecule has 5 heteroatoms. The summed E-state index contributed by atoms with van der Waals surface area (Å²) in [7, 11) is 1.61. The van der Waals surface area contributed by atoms with Crippen LogP contribution in [0.3, 0.4) is 0 Å². The second-order valence-corrected chi connectivity index (χ2v) is 4.99. The highest BCUT2D eigenvalue weighted by molar-refractivity contribution is 9.10. The summed E-state index contributed by atoms with van der Waals surface area (Å²) in [4.78, 5) is 11.8. The Bertz CT molecular complexity index is 412. The molecule has 0 spiro atoms. The van der Waals surface area contributed by atoms with Crippen LogP contribution >= 0.6 is 15.9 Å². The highest BCUT2D eigenvalue weighted by atomic mass is 79.9. The Morgan fingerprint density at radius 2 is 2.28 bits per heavy atom. The van der Waals surface area contributed by atoms with Gasteiger partial charge in [-0.15, -0.1) is 0 Å². The second kappa shape index (κ2) is 7.61. The standard InChI is InChI=1S/C13H17BrFNO2/c1-18-6-2-3-12(16)13(17)8-9-4-5-11(15)10(14)7-9/h4-5,7,12H,2-3,6,8,16H2,1H3. The van der Waals surface area contributed by atoms with Gasteiger partial charge in [0.1, 0.15) is 5.82 Å². The molecule has 3 nitrogen and oxygen atoms in total. The van der Waals surface area contributed by atoms with Crippen molar-refractivity contribution in [2.45, 2.75) is 25.3 Å². The van der Waals surface area contributed by atoms with Gasteiger partial charge in [-0.3, -0.25) is 4.79 Å². The van der Waals surface area contributed by atoms with Crippen molar-refractivity contribution in [3.05, 3.63) is 34.1 Å². The minimum absolute atomic E-state index is 0.0374. The van der Waals surface area contributed by atoms with Crippen LogP contribution in [0.2, 0.25) is 0 Å². The van der Waals surface area contributed by atoms with Crippen LogP contribution in [0.5, 0.6) is 0 Å². The number of carbonyl (C=O) groups is 1. The Morgan fingerprint density at radius 3 is 2.89 bits per heavy atom. The van der Waals surface area contributed by atoms with Gasteiger partial charge in [-0.1, -0.05) is 6.07 Å². The van der Waals surface area contributed by atoms with Crippen LogP contribution in [0.25, 0.3) is 0 Å². The molecule has 0 saturated carbocycles. The van der Waals surface area contributed by atoms with Gasteiger partial charge in [0, 0.05) is 20.1 Å². The van der Waals surface area contributed by atoms with Crippen molar-refractivity contribution in [2.75, 3.05) is 13.7 Å². The van der Waals surface area contributed by atoms with Crippen molar-refractivity contribution in [1.29, 1.82) is 0 Å². The van der Waals surface area contributed by atoms with Gasteiger partial charge in [-0.05, 0) is 46.5 Å². The van der Waals surface area contributed by atoms with E-state index in [0.29, 0.717) is 17.5 Å². The summed E-state index contributed by atoms with van der Waals surface area (Å²) in [5.74, 6) is -0.375. The van der Waals surface area contributed by atoms with E-state index in [4.69, 9.17) is 10.5 Å². The molecule has 100 valence electrons. The zero-order chi connectivity index (χ0) is 13.5. The predicted octanol–water partition coefficient (Wildman–Crippen LogP) is 2.45. The van der Waals surface area contributed by atoms with Crippen LogP contribution in [0.4, 0.5) is 4.39 Å². The summed E-state index contributed by atoms with van der Waals surface area (Å²) in [6.07, 6.45) is 1.60. The number of benzene rings is 1. The molecule has 2 N–H and O–H groups in total. The fourth-order valence-corrected chi connectivity index (χ4v) is 2.02. The number of methoxy groups -OCH3 is 1. The van der Waals surface area contributed by atoms with Crippen LogP contribution in [-0.4, -0.2) is 25.5 Å². The third-order valence-corrected chi connectivity index (χ3v) is 3.25. The van der Waals surface area contributed by atoms with E-state index in [1.165, 1.54) is 6.07 Å². The summed E-state index contributed by atoms with van der Waals surface area (Å²) in [5.41, 5.74) is 6.54. The highest BCUT2D eigenvalue weighted by Gasteiger charge is 2.14. The maximum absolute atomic E-state index is 13.0. The number of carbonyl (C=O) groups excluding carboxylic acids is 1. The average Bonchev–Trinajstić information content (AvgIpc) is 2.34. The smallest absolute Gasteiger partial charge is 0.153 e. The molecule has 0 aliphatic carbocycles. The molecule has 0 bridgehead atoms. The molecule has 1 aromatic rings. The summed E-state index contributed by atoms with van der Waals surface area (Å²) in [6.45, 7) is 0.600. The average molecular weight is 318 g/mol. The van der Waals surface area contributed by atoms with Gasteiger partial charge in [0.25, 0.3) is 0 Å². The molecule has 0 heterocycles. The Balaban J connectivity index is 2.50. The van der Waals surface area contributed by atoms with E-state index in [2.05, 4.69) is 15.9 Å². The summed E-state index contributed by atoms with van der Waals surface area (Å²) < 4.78 is 18.3. The first-order chi connectivity index (χ1) is 8.54. The number of rotatable bonds is 7. The van der Waals surface area contributed by atoms with Crippen LogP contribution in [0.15, 0.2) is 22.7 Å². The minimum Gasteiger partial charge on any atom is -0.385 e. The SMILES string of the molecule is COCCCC(N)C(=O)Cc1ccc(F)c(Br)c1. The Labute approximate surface area is 115 Å². The number of hydrogen-bond donors (Lipinski definition) is 1. The fourth-order valence-electron chi connectivity index (χ4n) is 1.59. The summed E-state index contributed by atoms with van der Waals surface area (Å²) in [6, 6.07) is 4.06. The van der Waals surface area contributed by atoms with Gasteiger partial charge in [-0.2, -0.15) is 0 Å². The lowest BCUT2D eigenvalue weighted by molar-refractivity contribution is -0.119. The number of halogens is 2. The molecule has 0 aromatic heterocycles. The number of hydrogen-bond acceptors (Lipinski definition) is 3. The van der Waals surface area contributed by atoms with Gasteiger partial charge in [-0.25, -0.2) is 4.39 Å². The number of nitrogens with two attached hydrogens (primary N) is 1. The van der Waals surface area contributed by atoms with Crippen LogP contribution in [0.1, 0.15) is 18.4 Å². The van der Waals surface area contributed by atoms with Crippen LogP contribution in [-0.2, 0) is 16.0 Å². The van der Waals surface area contributed by atoms with Crippen LogP contribution in [0, 0.1) is 5.82 Å². The molecule has 1 unspecified atom stereocenters. The molecule has 0 aliphatic rings. The lowest BCUT2D eigenvalue weighted by atomic mass is 10.0. The molecule has 18 heavy (non-hydrogen) atoms. The maximum atomic E-state index is 13.0. The Kier molecular flexibility index (Phi) is 6.46. The number of Topliss-reactive ketones (excluding diaryl/α,β-unsaturated/α-hetero) is 1. The summed E-state index contributed by atoms with van der Waals surface area (Å²) >= 11 is 3.09. The van der Waals surface area contributed by atoms with Crippen molar-refractivity contribution < 1.29 is 13.9 Å². The second-order valence-electron chi connectivity index (χ2n) is 4.13. The van der Waals surface area contributed by atoms with E-state index < -0.39 is 6.04 Å². The van der Waals surface area contributed by atoms with E-state index in [1.54, 1.807) is 19.2 Å². The molecular formula is C13H17BrFNO2. The predicted molar refractivity (Wildman–Crippen MR) is 71.9 cm³/mol. The molecule has 0 fully saturated rings. The molecule has 0 saturated heterocycles. The molecule has 1 rings (SSSR count). The van der Waals surface area contributed by atoms with Gasteiger partial charge in [0.05, 0.1) is 10.5 Å². The molecule has 0 aliphatic heterocycles. The Morgan fingerprint density at radius 1 is 1.56 bits per heavy atom. The van der Waals surface area contributed by atoms with Gasteiger partial charge >= 0.3 is 0 Å². The first-order valence-electron chi connectivity index (χ1n) is 5.75. The lowest BCUT2D eigenvalue weighted by Crippen LogP contribution is -2.32. The van der Waals surface area contributed by atoms with Crippen LogP contribution < -0.4 is 5.73 Å². The van der Waals surface area contributed by atoms with Crippen molar-refractivity contribution >= 4 is 21.7 Å². The topological polar surface area (TPSA) is 52.3 Å². The molecule has 1 aromatic carbocycles. The quantitative estimate of drug-likeness (QED) is 0.786. The largest absolute Gasteiger partial charge is 0.385 e. The normalized spacial score (nSPS) is 12.4. The van der Waals surface area contributed by atoms with Crippen molar-refractivity contribution in [3.8, 4) is 0 Å². The van der Waals surface area contributed by atoms with E-state index in [9.17, 15) is 9.18 Å².